The van der Waals surface area contributed by atoms with Crippen molar-refractivity contribution >= 4 is 11.0 Å². The normalized spacial score (nSPS) is 21.3. The van der Waals surface area contributed by atoms with Crippen LogP contribution in [0.5, 0.6) is 5.75 Å². The van der Waals surface area contributed by atoms with Crippen LogP contribution in [0.2, 0.25) is 0 Å². The summed E-state index contributed by atoms with van der Waals surface area (Å²) in [6.45, 7) is 3.60. The Morgan fingerprint density at radius 3 is 2.81 bits per heavy atom. The lowest BCUT2D eigenvalue weighted by molar-refractivity contribution is -0.0736. The van der Waals surface area contributed by atoms with E-state index in [1.54, 1.807) is 0 Å². The van der Waals surface area contributed by atoms with Crippen LogP contribution in [-0.4, -0.2) is 54.9 Å². The summed E-state index contributed by atoms with van der Waals surface area (Å²) in [4.78, 5) is 23.9. The van der Waals surface area contributed by atoms with Crippen LogP contribution in [0.25, 0.3) is 11.0 Å². The number of aromatic nitrogens is 4. The van der Waals surface area contributed by atoms with Gasteiger partial charge in [-0.2, -0.15) is 4.98 Å². The predicted octanol–water partition coefficient (Wildman–Crippen LogP) is 2.02. The van der Waals surface area contributed by atoms with Gasteiger partial charge in [-0.3, -0.25) is 9.69 Å². The van der Waals surface area contributed by atoms with Gasteiger partial charge in [0.2, 0.25) is 5.75 Å². The third-order valence-electron chi connectivity index (χ3n) is 7.43. The topological polar surface area (TPSA) is 85.4 Å². The molecule has 8 nitrogen and oxygen atoms in total. The van der Waals surface area contributed by atoms with Gasteiger partial charge in [0.05, 0.1) is 30.5 Å². The number of aromatic hydroxyl groups is 1. The van der Waals surface area contributed by atoms with Gasteiger partial charge in [-0.05, 0) is 31.0 Å². The van der Waals surface area contributed by atoms with Crippen LogP contribution in [0.15, 0.2) is 35.4 Å². The maximum Gasteiger partial charge on any atom is 0.315 e. The van der Waals surface area contributed by atoms with Crippen LogP contribution in [0.4, 0.5) is 0 Å². The summed E-state index contributed by atoms with van der Waals surface area (Å²) in [6.07, 6.45) is 9.01. The minimum Gasteiger partial charge on any atom is -0.502 e. The average molecular weight is 422 g/mol. The summed E-state index contributed by atoms with van der Waals surface area (Å²) >= 11 is 0. The summed E-state index contributed by atoms with van der Waals surface area (Å²) in [5.41, 5.74) is 1.01. The second-order valence-corrected chi connectivity index (χ2v) is 9.15. The van der Waals surface area contributed by atoms with E-state index in [2.05, 4.69) is 42.3 Å². The van der Waals surface area contributed by atoms with E-state index in [1.807, 2.05) is 12.3 Å². The molecule has 0 atom stereocenters. The standard InChI is InChI=1S/C23H27N5O3/c29-20-18-13-26(17-14-31-15-17)10-11-27(18)19(25-22(20)30)12-23(6-1-2-7-23)28-9-5-16-4-3-8-24-21(16)28/h3-5,8-9,17,29H,1-2,6-7,10-15H2. The molecule has 0 unspecified atom stereocenters. The van der Waals surface area contributed by atoms with Crippen molar-refractivity contribution in [3.8, 4) is 5.75 Å². The smallest absolute Gasteiger partial charge is 0.315 e. The van der Waals surface area contributed by atoms with Crippen molar-refractivity contribution in [2.75, 3.05) is 19.8 Å². The zero-order chi connectivity index (χ0) is 21.0. The van der Waals surface area contributed by atoms with Crippen molar-refractivity contribution in [2.24, 2.45) is 0 Å². The Morgan fingerprint density at radius 1 is 1.19 bits per heavy atom. The number of hydrogen-bond acceptors (Lipinski definition) is 6. The Kier molecular flexibility index (Phi) is 4.40. The average Bonchev–Trinajstić information content (AvgIpc) is 3.38. The first-order valence-electron chi connectivity index (χ1n) is 11.2. The quantitative estimate of drug-likeness (QED) is 0.694. The number of pyridine rings is 1. The van der Waals surface area contributed by atoms with Crippen LogP contribution in [-0.2, 0) is 29.8 Å². The highest BCUT2D eigenvalue weighted by molar-refractivity contribution is 5.76. The summed E-state index contributed by atoms with van der Waals surface area (Å²) < 4.78 is 9.74. The molecular formula is C23H27N5O3. The molecule has 8 heteroatoms. The third-order valence-corrected chi connectivity index (χ3v) is 7.43. The van der Waals surface area contributed by atoms with Gasteiger partial charge in [-0.25, -0.2) is 4.98 Å². The molecule has 0 spiro atoms. The van der Waals surface area contributed by atoms with E-state index >= 15 is 0 Å². The van der Waals surface area contributed by atoms with E-state index in [9.17, 15) is 9.90 Å². The van der Waals surface area contributed by atoms with Crippen molar-refractivity contribution < 1.29 is 9.84 Å². The van der Waals surface area contributed by atoms with Gasteiger partial charge >= 0.3 is 5.56 Å². The van der Waals surface area contributed by atoms with E-state index in [0.29, 0.717) is 24.7 Å². The van der Waals surface area contributed by atoms with Gasteiger partial charge in [0.1, 0.15) is 11.5 Å². The van der Waals surface area contributed by atoms with Crippen molar-refractivity contribution in [2.45, 2.75) is 56.8 Å². The molecule has 0 aromatic carbocycles. The lowest BCUT2D eigenvalue weighted by atomic mass is 9.91. The number of hydrogen-bond donors (Lipinski definition) is 1. The fraction of sp³-hybridized carbons (Fsp3) is 0.522. The fourth-order valence-corrected chi connectivity index (χ4v) is 5.62. The Bertz CT molecular complexity index is 1190. The van der Waals surface area contributed by atoms with Crippen LogP contribution in [0, 0.1) is 0 Å². The number of ether oxygens (including phenoxy) is 1. The maximum absolute atomic E-state index is 12.6. The van der Waals surface area contributed by atoms with E-state index in [1.165, 1.54) is 0 Å². The predicted molar refractivity (Wildman–Crippen MR) is 115 cm³/mol. The molecule has 1 N–H and O–H groups in total. The summed E-state index contributed by atoms with van der Waals surface area (Å²) in [5.74, 6) is 0.573. The van der Waals surface area contributed by atoms with Crippen LogP contribution >= 0.6 is 0 Å². The van der Waals surface area contributed by atoms with Crippen molar-refractivity contribution in [1.29, 1.82) is 0 Å². The first-order valence-corrected chi connectivity index (χ1v) is 11.2. The molecular weight excluding hydrogens is 394 g/mol. The van der Waals surface area contributed by atoms with Crippen LogP contribution in [0.1, 0.15) is 37.2 Å². The summed E-state index contributed by atoms with van der Waals surface area (Å²) in [7, 11) is 0. The monoisotopic (exact) mass is 421 g/mol. The van der Waals surface area contributed by atoms with Crippen LogP contribution in [0.3, 0.4) is 0 Å². The molecule has 2 aliphatic heterocycles. The van der Waals surface area contributed by atoms with Gasteiger partial charge in [0.15, 0.2) is 0 Å². The summed E-state index contributed by atoms with van der Waals surface area (Å²) in [6, 6.07) is 6.54. The third kappa shape index (κ3) is 3.00. The highest BCUT2D eigenvalue weighted by atomic mass is 16.5. The molecule has 3 aromatic rings. The number of nitrogens with zero attached hydrogens (tertiary/aromatic N) is 5. The Labute approximate surface area is 180 Å². The molecule has 1 saturated heterocycles. The Balaban J connectivity index is 1.41. The molecule has 5 heterocycles. The highest BCUT2D eigenvalue weighted by Crippen LogP contribution is 2.41. The van der Waals surface area contributed by atoms with Crippen LogP contribution < -0.4 is 5.56 Å². The molecule has 6 rings (SSSR count). The first-order chi connectivity index (χ1) is 15.1. The van der Waals surface area contributed by atoms with Gasteiger partial charge in [0.25, 0.3) is 0 Å². The van der Waals surface area contributed by atoms with Crippen molar-refractivity contribution in [3.05, 3.63) is 52.5 Å². The molecule has 162 valence electrons. The van der Waals surface area contributed by atoms with Gasteiger partial charge in [-0.15, -0.1) is 0 Å². The number of fused-ring (bicyclic) bond motifs is 2. The second-order valence-electron chi connectivity index (χ2n) is 9.15. The van der Waals surface area contributed by atoms with E-state index in [0.717, 1.165) is 68.8 Å². The minimum absolute atomic E-state index is 0.147. The van der Waals surface area contributed by atoms with Gasteiger partial charge < -0.3 is 19.0 Å². The largest absolute Gasteiger partial charge is 0.502 e. The van der Waals surface area contributed by atoms with E-state index in [4.69, 9.17) is 4.74 Å². The van der Waals surface area contributed by atoms with Gasteiger partial charge in [0, 0.05) is 43.8 Å². The molecule has 0 bridgehead atoms. The molecule has 3 aromatic heterocycles. The lowest BCUT2D eigenvalue weighted by Crippen LogP contribution is -2.52. The molecule has 3 aliphatic rings. The fourth-order valence-electron chi connectivity index (χ4n) is 5.62. The van der Waals surface area contributed by atoms with Crippen molar-refractivity contribution in [3.63, 3.8) is 0 Å². The molecule has 1 saturated carbocycles. The highest BCUT2D eigenvalue weighted by Gasteiger charge is 2.39. The second kappa shape index (κ2) is 7.17. The maximum atomic E-state index is 12.6. The molecule has 0 amide bonds. The van der Waals surface area contributed by atoms with E-state index in [-0.39, 0.29) is 11.3 Å². The molecule has 2 fully saturated rings. The zero-order valence-electron chi connectivity index (χ0n) is 17.5. The molecule has 0 radical (unpaired) electrons. The Hall–Kier alpha value is -2.71. The Morgan fingerprint density at radius 2 is 2.03 bits per heavy atom. The minimum atomic E-state index is -0.517. The zero-order valence-corrected chi connectivity index (χ0v) is 17.5. The lowest BCUT2D eigenvalue weighted by Gasteiger charge is -2.41. The molecule has 31 heavy (non-hydrogen) atoms. The van der Waals surface area contributed by atoms with Gasteiger partial charge in [-0.1, -0.05) is 12.8 Å². The summed E-state index contributed by atoms with van der Waals surface area (Å²) in [5, 5.41) is 11.7. The number of rotatable bonds is 4. The van der Waals surface area contributed by atoms with E-state index < -0.39 is 5.56 Å². The van der Waals surface area contributed by atoms with Crippen molar-refractivity contribution in [1.82, 2.24) is 24.0 Å². The SMILES string of the molecule is O=c1nc(CC2(n3ccc4cccnc43)CCCC2)n2c(c1O)CN(C1COC1)CC2. The first kappa shape index (κ1) is 19.0. The molecule has 1 aliphatic carbocycles.